The van der Waals surface area contributed by atoms with E-state index in [0.29, 0.717) is 11.0 Å². The summed E-state index contributed by atoms with van der Waals surface area (Å²) in [4.78, 5) is 11.9. The van der Waals surface area contributed by atoms with Crippen LogP contribution in [0.1, 0.15) is 18.4 Å². The first-order valence-corrected chi connectivity index (χ1v) is 6.88. The fourth-order valence-electron chi connectivity index (χ4n) is 2.07. The summed E-state index contributed by atoms with van der Waals surface area (Å²) in [5, 5.41) is 6.11. The van der Waals surface area contributed by atoms with Crippen molar-refractivity contribution >= 4 is 21.8 Å². The van der Waals surface area contributed by atoms with Crippen molar-refractivity contribution in [3.8, 4) is 0 Å². The smallest absolute Gasteiger partial charge is 0.224 e. The van der Waals surface area contributed by atoms with Gasteiger partial charge in [-0.3, -0.25) is 4.79 Å². The summed E-state index contributed by atoms with van der Waals surface area (Å²) in [5.74, 6) is -0.162. The maximum absolute atomic E-state index is 12.9. The molecule has 1 heterocycles. The summed E-state index contributed by atoms with van der Waals surface area (Å²) in [6.07, 6.45) is 1.97. The first kappa shape index (κ1) is 13.5. The van der Waals surface area contributed by atoms with E-state index in [1.165, 1.54) is 12.1 Å². The number of nitrogens with one attached hydrogen (secondary N) is 2. The quantitative estimate of drug-likeness (QED) is 0.898. The standard InChI is InChI=1S/C13H16BrFN2O/c14-12-6-11(15)4-3-9(12)8-17-13(18)10-2-1-5-16-7-10/h3-4,6,10,16H,1-2,5,7-8H2,(H,17,18). The highest BCUT2D eigenvalue weighted by molar-refractivity contribution is 9.10. The SMILES string of the molecule is O=C(NCc1ccc(F)cc1Br)C1CCCNC1. The third-order valence-corrected chi connectivity index (χ3v) is 3.87. The number of hydrogen-bond donors (Lipinski definition) is 2. The third-order valence-electron chi connectivity index (χ3n) is 3.14. The molecule has 0 bridgehead atoms. The number of hydrogen-bond acceptors (Lipinski definition) is 2. The summed E-state index contributed by atoms with van der Waals surface area (Å²) < 4.78 is 13.6. The first-order valence-electron chi connectivity index (χ1n) is 6.09. The van der Waals surface area contributed by atoms with E-state index in [0.717, 1.165) is 31.5 Å². The molecule has 18 heavy (non-hydrogen) atoms. The fraction of sp³-hybridized carbons (Fsp3) is 0.462. The lowest BCUT2D eigenvalue weighted by atomic mass is 9.99. The van der Waals surface area contributed by atoms with Crippen LogP contribution in [0.2, 0.25) is 0 Å². The number of halogens is 2. The van der Waals surface area contributed by atoms with Gasteiger partial charge < -0.3 is 10.6 Å². The van der Waals surface area contributed by atoms with Gasteiger partial charge in [-0.05, 0) is 37.1 Å². The highest BCUT2D eigenvalue weighted by atomic mass is 79.9. The van der Waals surface area contributed by atoms with Crippen molar-refractivity contribution < 1.29 is 9.18 Å². The lowest BCUT2D eigenvalue weighted by molar-refractivity contribution is -0.125. The molecular formula is C13H16BrFN2O. The lowest BCUT2D eigenvalue weighted by Gasteiger charge is -2.22. The van der Waals surface area contributed by atoms with Crippen molar-refractivity contribution in [2.45, 2.75) is 19.4 Å². The van der Waals surface area contributed by atoms with Gasteiger partial charge in [0.25, 0.3) is 0 Å². The highest BCUT2D eigenvalue weighted by Crippen LogP contribution is 2.18. The molecule has 2 N–H and O–H groups in total. The minimum absolute atomic E-state index is 0.0537. The van der Waals surface area contributed by atoms with Crippen molar-refractivity contribution in [2.24, 2.45) is 5.92 Å². The molecule has 5 heteroatoms. The minimum atomic E-state index is -0.284. The van der Waals surface area contributed by atoms with Gasteiger partial charge >= 0.3 is 0 Å². The Balaban J connectivity index is 1.88. The molecule has 1 atom stereocenters. The molecule has 0 aromatic heterocycles. The summed E-state index contributed by atoms with van der Waals surface area (Å²) in [6.45, 7) is 2.17. The van der Waals surface area contributed by atoms with Crippen molar-refractivity contribution in [1.29, 1.82) is 0 Å². The molecular weight excluding hydrogens is 299 g/mol. The maximum atomic E-state index is 12.9. The normalized spacial score (nSPS) is 19.6. The van der Waals surface area contributed by atoms with E-state index in [9.17, 15) is 9.18 Å². The van der Waals surface area contributed by atoms with Crippen LogP contribution in [0, 0.1) is 11.7 Å². The average Bonchev–Trinajstić information content (AvgIpc) is 2.38. The van der Waals surface area contributed by atoms with Gasteiger partial charge in [-0.25, -0.2) is 4.39 Å². The van der Waals surface area contributed by atoms with Gasteiger partial charge in [-0.15, -0.1) is 0 Å². The Morgan fingerprint density at radius 1 is 1.56 bits per heavy atom. The van der Waals surface area contributed by atoms with Gasteiger partial charge in [0.15, 0.2) is 0 Å². The summed E-state index contributed by atoms with van der Waals surface area (Å²) in [5.41, 5.74) is 0.883. The Kier molecular flexibility index (Phi) is 4.72. The zero-order valence-electron chi connectivity index (χ0n) is 10.0. The van der Waals surface area contributed by atoms with Gasteiger partial charge in [0.1, 0.15) is 5.82 Å². The highest BCUT2D eigenvalue weighted by Gasteiger charge is 2.20. The Hall–Kier alpha value is -0.940. The number of benzene rings is 1. The van der Waals surface area contributed by atoms with E-state index in [2.05, 4.69) is 26.6 Å². The van der Waals surface area contributed by atoms with Crippen molar-refractivity contribution in [2.75, 3.05) is 13.1 Å². The molecule has 3 nitrogen and oxygen atoms in total. The molecule has 1 unspecified atom stereocenters. The predicted molar refractivity (Wildman–Crippen MR) is 71.5 cm³/mol. The van der Waals surface area contributed by atoms with Gasteiger partial charge in [0.05, 0.1) is 5.92 Å². The summed E-state index contributed by atoms with van der Waals surface area (Å²) in [7, 11) is 0. The predicted octanol–water partition coefficient (Wildman–Crippen LogP) is 2.20. The molecule has 2 rings (SSSR count). The molecule has 1 fully saturated rings. The molecule has 0 spiro atoms. The van der Waals surface area contributed by atoms with Crippen molar-refractivity contribution in [3.63, 3.8) is 0 Å². The number of amides is 1. The van der Waals surface area contributed by atoms with Crippen LogP contribution in [-0.4, -0.2) is 19.0 Å². The average molecular weight is 315 g/mol. The monoisotopic (exact) mass is 314 g/mol. The number of piperidine rings is 1. The Morgan fingerprint density at radius 3 is 3.06 bits per heavy atom. The van der Waals surface area contributed by atoms with Crippen LogP contribution in [0.5, 0.6) is 0 Å². The summed E-state index contributed by atoms with van der Waals surface area (Å²) in [6, 6.07) is 4.48. The first-order chi connectivity index (χ1) is 8.66. The third kappa shape index (κ3) is 3.53. The second kappa shape index (κ2) is 6.29. The Bertz CT molecular complexity index is 433. The molecule has 1 aromatic rings. The molecule has 0 radical (unpaired) electrons. The van der Waals surface area contributed by atoms with Gasteiger partial charge in [0, 0.05) is 17.6 Å². The number of rotatable bonds is 3. The van der Waals surface area contributed by atoms with Gasteiger partial charge in [-0.1, -0.05) is 22.0 Å². The van der Waals surface area contributed by atoms with E-state index in [-0.39, 0.29) is 17.6 Å². The largest absolute Gasteiger partial charge is 0.352 e. The molecule has 1 amide bonds. The van der Waals surface area contributed by atoms with Crippen LogP contribution >= 0.6 is 15.9 Å². The van der Waals surface area contributed by atoms with Crippen LogP contribution in [-0.2, 0) is 11.3 Å². The Labute approximate surface area is 114 Å². The van der Waals surface area contributed by atoms with Crippen LogP contribution in [0.4, 0.5) is 4.39 Å². The molecule has 0 aliphatic carbocycles. The molecule has 1 aliphatic rings. The van der Waals surface area contributed by atoms with Gasteiger partial charge in [0.2, 0.25) is 5.91 Å². The zero-order chi connectivity index (χ0) is 13.0. The van der Waals surface area contributed by atoms with E-state index in [1.54, 1.807) is 6.07 Å². The molecule has 1 saturated heterocycles. The summed E-state index contributed by atoms with van der Waals surface area (Å²) >= 11 is 3.29. The second-order valence-corrected chi connectivity index (χ2v) is 5.35. The fourth-order valence-corrected chi connectivity index (χ4v) is 2.56. The van der Waals surface area contributed by atoms with Crippen LogP contribution in [0.15, 0.2) is 22.7 Å². The minimum Gasteiger partial charge on any atom is -0.352 e. The van der Waals surface area contributed by atoms with Crippen LogP contribution in [0.3, 0.4) is 0 Å². The second-order valence-electron chi connectivity index (χ2n) is 4.50. The van der Waals surface area contributed by atoms with Crippen LogP contribution in [0.25, 0.3) is 0 Å². The topological polar surface area (TPSA) is 41.1 Å². The number of carbonyl (C=O) groups is 1. The molecule has 98 valence electrons. The van der Waals surface area contributed by atoms with E-state index >= 15 is 0 Å². The maximum Gasteiger partial charge on any atom is 0.224 e. The molecule has 1 aliphatic heterocycles. The Morgan fingerprint density at radius 2 is 2.39 bits per heavy atom. The lowest BCUT2D eigenvalue weighted by Crippen LogP contribution is -2.40. The molecule has 0 saturated carbocycles. The zero-order valence-corrected chi connectivity index (χ0v) is 11.6. The van der Waals surface area contributed by atoms with E-state index in [1.807, 2.05) is 0 Å². The van der Waals surface area contributed by atoms with Crippen LogP contribution < -0.4 is 10.6 Å². The van der Waals surface area contributed by atoms with Crippen molar-refractivity contribution in [1.82, 2.24) is 10.6 Å². The van der Waals surface area contributed by atoms with Crippen molar-refractivity contribution in [3.05, 3.63) is 34.1 Å². The van der Waals surface area contributed by atoms with Gasteiger partial charge in [-0.2, -0.15) is 0 Å². The van der Waals surface area contributed by atoms with E-state index in [4.69, 9.17) is 0 Å². The molecule has 1 aromatic carbocycles. The number of carbonyl (C=O) groups excluding carboxylic acids is 1. The van der Waals surface area contributed by atoms with E-state index < -0.39 is 0 Å².